The second-order valence-electron chi connectivity index (χ2n) is 7.79. The highest BCUT2D eigenvalue weighted by molar-refractivity contribution is 7.80. The first kappa shape index (κ1) is 22.6. The Labute approximate surface area is 199 Å². The lowest BCUT2D eigenvalue weighted by Crippen LogP contribution is -2.46. The van der Waals surface area contributed by atoms with Crippen molar-refractivity contribution < 1.29 is 14.3 Å². The zero-order valence-corrected chi connectivity index (χ0v) is 19.7. The number of ketones is 1. The van der Waals surface area contributed by atoms with E-state index < -0.39 is 6.04 Å². The van der Waals surface area contributed by atoms with Crippen molar-refractivity contribution in [3.63, 3.8) is 0 Å². The van der Waals surface area contributed by atoms with Crippen molar-refractivity contribution >= 4 is 23.1 Å². The van der Waals surface area contributed by atoms with Crippen molar-refractivity contribution in [3.8, 4) is 11.5 Å². The highest BCUT2D eigenvalue weighted by Crippen LogP contribution is 2.41. The number of thiocarbonyl (C=S) groups is 1. The van der Waals surface area contributed by atoms with E-state index in [-0.39, 0.29) is 5.78 Å². The van der Waals surface area contributed by atoms with E-state index >= 15 is 0 Å². The van der Waals surface area contributed by atoms with Crippen LogP contribution in [-0.4, -0.2) is 30.0 Å². The molecule has 1 unspecified atom stereocenters. The lowest BCUT2D eigenvalue weighted by molar-refractivity contribution is 0.102. The fraction of sp³-hybridized carbons (Fsp3) is 0.185. The molecule has 33 heavy (non-hydrogen) atoms. The molecule has 6 heteroatoms. The summed E-state index contributed by atoms with van der Waals surface area (Å²) in [7, 11) is 3.47. The number of Topliss-reactive ketones (excluding diaryl/α,β-unsaturated/α-hetero) is 1. The summed E-state index contributed by atoms with van der Waals surface area (Å²) in [6, 6.07) is 24.4. The van der Waals surface area contributed by atoms with Gasteiger partial charge in [-0.05, 0) is 30.8 Å². The standard InChI is InChI=1S/C27H26N2O3S/c1-18-23(25(30)20-13-8-5-9-14-20)24(28-27(33)29(18)2)21-15-10-16-22(31-3)26(21)32-17-19-11-6-4-7-12-19/h4-16,24H,17H2,1-3H3,(H,28,33). The number of nitrogens with one attached hydrogen (secondary N) is 1. The molecule has 1 aliphatic heterocycles. The maximum absolute atomic E-state index is 13.7. The van der Waals surface area contributed by atoms with Gasteiger partial charge in [0, 0.05) is 29.4 Å². The van der Waals surface area contributed by atoms with Gasteiger partial charge in [-0.15, -0.1) is 0 Å². The fourth-order valence-corrected chi connectivity index (χ4v) is 4.17. The van der Waals surface area contributed by atoms with Crippen LogP contribution in [0.2, 0.25) is 0 Å². The molecular weight excluding hydrogens is 432 g/mol. The van der Waals surface area contributed by atoms with E-state index in [0.717, 1.165) is 16.8 Å². The van der Waals surface area contributed by atoms with Gasteiger partial charge in [0.25, 0.3) is 0 Å². The Hall–Kier alpha value is -3.64. The van der Waals surface area contributed by atoms with Gasteiger partial charge < -0.3 is 19.7 Å². The lowest BCUT2D eigenvalue weighted by Gasteiger charge is -2.36. The molecule has 1 heterocycles. The molecule has 0 bridgehead atoms. The van der Waals surface area contributed by atoms with Crippen LogP contribution < -0.4 is 14.8 Å². The van der Waals surface area contributed by atoms with Crippen molar-refractivity contribution in [1.82, 2.24) is 10.2 Å². The monoisotopic (exact) mass is 458 g/mol. The molecule has 0 aliphatic carbocycles. The van der Waals surface area contributed by atoms with Crippen molar-refractivity contribution in [2.45, 2.75) is 19.6 Å². The molecule has 0 aromatic heterocycles. The molecule has 3 aromatic carbocycles. The molecule has 5 nitrogen and oxygen atoms in total. The number of carbonyl (C=O) groups excluding carboxylic acids is 1. The summed E-state index contributed by atoms with van der Waals surface area (Å²) in [5, 5.41) is 3.89. The summed E-state index contributed by atoms with van der Waals surface area (Å²) in [5.74, 6) is 1.12. The zero-order valence-electron chi connectivity index (χ0n) is 18.9. The van der Waals surface area contributed by atoms with Gasteiger partial charge in [-0.2, -0.15) is 0 Å². The first-order valence-electron chi connectivity index (χ1n) is 10.7. The van der Waals surface area contributed by atoms with Crippen molar-refractivity contribution in [3.05, 3.63) is 107 Å². The Balaban J connectivity index is 1.80. The predicted molar refractivity (Wildman–Crippen MR) is 133 cm³/mol. The van der Waals surface area contributed by atoms with Crippen LogP contribution in [0.15, 0.2) is 90.1 Å². The van der Waals surface area contributed by atoms with Crippen LogP contribution in [-0.2, 0) is 6.61 Å². The molecule has 0 spiro atoms. The van der Waals surface area contributed by atoms with Gasteiger partial charge in [0.15, 0.2) is 22.4 Å². The second kappa shape index (κ2) is 9.88. The van der Waals surface area contributed by atoms with Crippen LogP contribution >= 0.6 is 12.2 Å². The van der Waals surface area contributed by atoms with Crippen molar-refractivity contribution in [1.29, 1.82) is 0 Å². The summed E-state index contributed by atoms with van der Waals surface area (Å²) in [6.07, 6.45) is 0. The lowest BCUT2D eigenvalue weighted by atomic mass is 9.88. The van der Waals surface area contributed by atoms with Gasteiger partial charge in [0.05, 0.1) is 13.2 Å². The molecule has 1 N–H and O–H groups in total. The topological polar surface area (TPSA) is 50.8 Å². The molecule has 168 valence electrons. The number of carbonyl (C=O) groups is 1. The summed E-state index contributed by atoms with van der Waals surface area (Å²) >= 11 is 5.58. The quantitative estimate of drug-likeness (QED) is 0.383. The number of allylic oxidation sites excluding steroid dienone is 1. The second-order valence-corrected chi connectivity index (χ2v) is 8.18. The van der Waals surface area contributed by atoms with Gasteiger partial charge in [0.1, 0.15) is 6.61 Å². The van der Waals surface area contributed by atoms with Crippen LogP contribution in [0, 0.1) is 0 Å². The number of hydrogen-bond donors (Lipinski definition) is 1. The Morgan fingerprint density at radius 1 is 1.00 bits per heavy atom. The Bertz CT molecular complexity index is 1190. The van der Waals surface area contributed by atoms with Gasteiger partial charge in [-0.3, -0.25) is 4.79 Å². The number of ether oxygens (including phenoxy) is 2. The van der Waals surface area contributed by atoms with Gasteiger partial charge in [0.2, 0.25) is 0 Å². The third-order valence-electron chi connectivity index (χ3n) is 5.80. The summed E-state index contributed by atoms with van der Waals surface area (Å²) < 4.78 is 11.9. The average molecular weight is 459 g/mol. The van der Waals surface area contributed by atoms with Crippen LogP contribution in [0.5, 0.6) is 11.5 Å². The minimum absolute atomic E-state index is 0.0585. The van der Waals surface area contributed by atoms with Crippen LogP contribution in [0.3, 0.4) is 0 Å². The van der Waals surface area contributed by atoms with E-state index in [2.05, 4.69) is 5.32 Å². The summed E-state index contributed by atoms with van der Waals surface area (Å²) in [4.78, 5) is 15.5. The average Bonchev–Trinajstić information content (AvgIpc) is 2.86. The first-order chi connectivity index (χ1) is 16.0. The summed E-state index contributed by atoms with van der Waals surface area (Å²) in [6.45, 7) is 2.29. The van der Waals surface area contributed by atoms with Gasteiger partial charge in [-0.25, -0.2) is 0 Å². The number of benzene rings is 3. The molecule has 0 fully saturated rings. The zero-order chi connectivity index (χ0) is 23.4. The highest BCUT2D eigenvalue weighted by atomic mass is 32.1. The van der Waals surface area contributed by atoms with E-state index in [4.69, 9.17) is 21.7 Å². The van der Waals surface area contributed by atoms with Crippen molar-refractivity contribution in [2.24, 2.45) is 0 Å². The Kier molecular flexibility index (Phi) is 6.75. The van der Waals surface area contributed by atoms with E-state index in [1.807, 2.05) is 97.7 Å². The first-order valence-corrected chi connectivity index (χ1v) is 11.1. The summed E-state index contributed by atoms with van der Waals surface area (Å²) in [5.41, 5.74) is 3.87. The van der Waals surface area contributed by atoms with Crippen molar-refractivity contribution in [2.75, 3.05) is 14.2 Å². The number of nitrogens with zero attached hydrogens (tertiary/aromatic N) is 1. The Morgan fingerprint density at radius 3 is 2.33 bits per heavy atom. The molecule has 0 radical (unpaired) electrons. The number of methoxy groups -OCH3 is 1. The van der Waals surface area contributed by atoms with Crippen LogP contribution in [0.1, 0.15) is 34.5 Å². The number of rotatable bonds is 7. The molecule has 1 atom stereocenters. The smallest absolute Gasteiger partial charge is 0.193 e. The molecule has 0 amide bonds. The number of hydrogen-bond acceptors (Lipinski definition) is 4. The van der Waals surface area contributed by atoms with Gasteiger partial charge >= 0.3 is 0 Å². The normalized spacial score (nSPS) is 15.8. The SMILES string of the molecule is COc1cccc(C2NC(=S)N(C)C(C)=C2C(=O)c2ccccc2)c1OCc1ccccc1. The van der Waals surface area contributed by atoms with E-state index in [1.165, 1.54) is 0 Å². The molecule has 3 aromatic rings. The maximum Gasteiger partial charge on any atom is 0.193 e. The fourth-order valence-electron chi connectivity index (χ4n) is 3.91. The minimum Gasteiger partial charge on any atom is -0.493 e. The highest BCUT2D eigenvalue weighted by Gasteiger charge is 2.35. The van der Waals surface area contributed by atoms with Crippen LogP contribution in [0.4, 0.5) is 0 Å². The van der Waals surface area contributed by atoms with Crippen LogP contribution in [0.25, 0.3) is 0 Å². The molecule has 0 saturated carbocycles. The Morgan fingerprint density at radius 2 is 1.67 bits per heavy atom. The number of para-hydroxylation sites is 1. The maximum atomic E-state index is 13.7. The molecule has 4 rings (SSSR count). The van der Waals surface area contributed by atoms with Gasteiger partial charge in [-0.1, -0.05) is 72.8 Å². The van der Waals surface area contributed by atoms with E-state index in [0.29, 0.717) is 34.4 Å². The van der Waals surface area contributed by atoms with E-state index in [9.17, 15) is 4.79 Å². The minimum atomic E-state index is -0.484. The predicted octanol–water partition coefficient (Wildman–Crippen LogP) is 5.29. The third-order valence-corrected chi connectivity index (χ3v) is 6.19. The molecule has 0 saturated heterocycles. The molecular formula is C27H26N2O3S. The third kappa shape index (κ3) is 4.61. The largest absolute Gasteiger partial charge is 0.493 e. The van der Waals surface area contributed by atoms with E-state index in [1.54, 1.807) is 7.11 Å². The molecule has 1 aliphatic rings.